The lowest BCUT2D eigenvalue weighted by molar-refractivity contribution is -0.167. The molecule has 92 valence electrons. The van der Waals surface area contributed by atoms with E-state index in [-0.39, 0.29) is 18.0 Å². The SMILES string of the molecule is C[C@H]1OC2(CCCC2)O[C@@H]1Cc1ccccc1. The lowest BCUT2D eigenvalue weighted by Gasteiger charge is -2.21. The second-order valence-corrected chi connectivity index (χ2v) is 5.29. The maximum absolute atomic E-state index is 6.20. The van der Waals surface area contributed by atoms with Gasteiger partial charge in [0.2, 0.25) is 0 Å². The molecule has 2 atom stereocenters. The molecule has 0 amide bonds. The van der Waals surface area contributed by atoms with Gasteiger partial charge in [-0.05, 0) is 25.3 Å². The van der Waals surface area contributed by atoms with Crippen LogP contribution in [0.4, 0.5) is 0 Å². The molecule has 1 saturated carbocycles. The molecular formula is C15H20O2. The first kappa shape index (κ1) is 11.2. The van der Waals surface area contributed by atoms with Gasteiger partial charge in [-0.3, -0.25) is 0 Å². The molecule has 3 rings (SSSR count). The molecule has 0 N–H and O–H groups in total. The Morgan fingerprint density at radius 2 is 1.82 bits per heavy atom. The van der Waals surface area contributed by atoms with Crippen molar-refractivity contribution in [2.45, 2.75) is 57.0 Å². The van der Waals surface area contributed by atoms with Gasteiger partial charge in [0.05, 0.1) is 12.2 Å². The summed E-state index contributed by atoms with van der Waals surface area (Å²) in [5, 5.41) is 0. The van der Waals surface area contributed by atoms with Crippen molar-refractivity contribution in [2.24, 2.45) is 0 Å². The zero-order valence-electron chi connectivity index (χ0n) is 10.4. The summed E-state index contributed by atoms with van der Waals surface area (Å²) in [4.78, 5) is 0. The van der Waals surface area contributed by atoms with E-state index in [4.69, 9.17) is 9.47 Å². The highest BCUT2D eigenvalue weighted by Gasteiger charge is 2.47. The zero-order valence-corrected chi connectivity index (χ0v) is 10.4. The van der Waals surface area contributed by atoms with Gasteiger partial charge in [0.1, 0.15) is 0 Å². The molecule has 1 saturated heterocycles. The van der Waals surface area contributed by atoms with Crippen LogP contribution in [0, 0.1) is 0 Å². The third-order valence-corrected chi connectivity index (χ3v) is 3.94. The van der Waals surface area contributed by atoms with E-state index in [9.17, 15) is 0 Å². The topological polar surface area (TPSA) is 18.5 Å². The zero-order chi connectivity index (χ0) is 11.7. The predicted octanol–water partition coefficient (Wildman–Crippen LogP) is 3.30. The van der Waals surface area contributed by atoms with Crippen molar-refractivity contribution in [2.75, 3.05) is 0 Å². The molecule has 1 aliphatic carbocycles. The molecule has 17 heavy (non-hydrogen) atoms. The van der Waals surface area contributed by atoms with Crippen molar-refractivity contribution in [1.82, 2.24) is 0 Å². The molecule has 1 aliphatic heterocycles. The first-order valence-corrected chi connectivity index (χ1v) is 6.67. The number of rotatable bonds is 2. The Morgan fingerprint density at radius 1 is 1.12 bits per heavy atom. The van der Waals surface area contributed by atoms with Gasteiger partial charge in [-0.15, -0.1) is 0 Å². The van der Waals surface area contributed by atoms with Gasteiger partial charge in [-0.25, -0.2) is 0 Å². The molecule has 1 aromatic carbocycles. The smallest absolute Gasteiger partial charge is 0.169 e. The van der Waals surface area contributed by atoms with Crippen LogP contribution >= 0.6 is 0 Å². The number of benzene rings is 1. The highest BCUT2D eigenvalue weighted by molar-refractivity contribution is 5.16. The monoisotopic (exact) mass is 232 g/mol. The quantitative estimate of drug-likeness (QED) is 0.779. The summed E-state index contributed by atoms with van der Waals surface area (Å²) in [6.07, 6.45) is 6.02. The molecular weight excluding hydrogens is 212 g/mol. The van der Waals surface area contributed by atoms with Crippen LogP contribution in [0.25, 0.3) is 0 Å². The average molecular weight is 232 g/mol. The van der Waals surface area contributed by atoms with Crippen molar-refractivity contribution in [1.29, 1.82) is 0 Å². The molecule has 0 unspecified atom stereocenters. The van der Waals surface area contributed by atoms with Crippen LogP contribution in [-0.4, -0.2) is 18.0 Å². The van der Waals surface area contributed by atoms with Gasteiger partial charge in [-0.2, -0.15) is 0 Å². The van der Waals surface area contributed by atoms with Gasteiger partial charge in [0.15, 0.2) is 5.79 Å². The summed E-state index contributed by atoms with van der Waals surface area (Å²) >= 11 is 0. The average Bonchev–Trinajstić information content (AvgIpc) is 2.89. The van der Waals surface area contributed by atoms with E-state index in [1.165, 1.54) is 18.4 Å². The molecule has 2 aliphatic rings. The Kier molecular flexibility index (Phi) is 2.93. The van der Waals surface area contributed by atoms with Gasteiger partial charge < -0.3 is 9.47 Å². The van der Waals surface area contributed by atoms with Crippen molar-refractivity contribution in [3.63, 3.8) is 0 Å². The van der Waals surface area contributed by atoms with Crippen LogP contribution in [0.15, 0.2) is 30.3 Å². The van der Waals surface area contributed by atoms with E-state index in [1.54, 1.807) is 0 Å². The maximum atomic E-state index is 6.20. The minimum absolute atomic E-state index is 0.216. The minimum Gasteiger partial charge on any atom is -0.344 e. The summed E-state index contributed by atoms with van der Waals surface area (Å²) in [5.74, 6) is -0.237. The third-order valence-electron chi connectivity index (χ3n) is 3.94. The molecule has 0 aromatic heterocycles. The summed E-state index contributed by atoms with van der Waals surface area (Å²) in [6, 6.07) is 10.5. The van der Waals surface area contributed by atoms with Crippen LogP contribution in [0.5, 0.6) is 0 Å². The van der Waals surface area contributed by atoms with E-state index >= 15 is 0 Å². The first-order chi connectivity index (χ1) is 8.27. The summed E-state index contributed by atoms with van der Waals surface area (Å²) in [7, 11) is 0. The van der Waals surface area contributed by atoms with E-state index < -0.39 is 0 Å². The second kappa shape index (κ2) is 4.43. The van der Waals surface area contributed by atoms with Crippen molar-refractivity contribution >= 4 is 0 Å². The van der Waals surface area contributed by atoms with Crippen LogP contribution < -0.4 is 0 Å². The Morgan fingerprint density at radius 3 is 2.53 bits per heavy atom. The fourth-order valence-corrected chi connectivity index (χ4v) is 3.02. The second-order valence-electron chi connectivity index (χ2n) is 5.29. The predicted molar refractivity (Wildman–Crippen MR) is 66.8 cm³/mol. The highest BCUT2D eigenvalue weighted by Crippen LogP contribution is 2.42. The first-order valence-electron chi connectivity index (χ1n) is 6.67. The molecule has 1 aromatic rings. The third kappa shape index (κ3) is 2.24. The molecule has 0 bridgehead atoms. The molecule has 0 radical (unpaired) electrons. The summed E-state index contributed by atoms with van der Waals surface area (Å²) in [6.45, 7) is 2.14. The molecule has 2 nitrogen and oxygen atoms in total. The fourth-order valence-electron chi connectivity index (χ4n) is 3.02. The van der Waals surface area contributed by atoms with Crippen LogP contribution in [0.2, 0.25) is 0 Å². The number of hydrogen-bond acceptors (Lipinski definition) is 2. The van der Waals surface area contributed by atoms with Gasteiger partial charge >= 0.3 is 0 Å². The van der Waals surface area contributed by atoms with Gasteiger partial charge in [0.25, 0.3) is 0 Å². The lowest BCUT2D eigenvalue weighted by Crippen LogP contribution is -2.27. The number of hydrogen-bond donors (Lipinski definition) is 0. The van der Waals surface area contributed by atoms with E-state index in [2.05, 4.69) is 37.3 Å². The Bertz CT molecular complexity index is 368. The Hall–Kier alpha value is -0.860. The fraction of sp³-hybridized carbons (Fsp3) is 0.600. The molecule has 2 heteroatoms. The Balaban J connectivity index is 1.68. The summed E-state index contributed by atoms with van der Waals surface area (Å²) < 4.78 is 12.3. The standard InChI is InChI=1S/C15H20O2/c1-12-14(11-13-7-3-2-4-8-13)17-15(16-12)9-5-6-10-15/h2-4,7-8,12,14H,5-6,9-11H2,1H3/t12-,14-/m1/s1. The van der Waals surface area contributed by atoms with E-state index in [0.29, 0.717) is 0 Å². The lowest BCUT2D eigenvalue weighted by atomic mass is 10.1. The minimum atomic E-state index is -0.237. The van der Waals surface area contributed by atoms with Gasteiger partial charge in [-0.1, -0.05) is 30.3 Å². The molecule has 1 spiro atoms. The Labute approximate surface area is 103 Å². The van der Waals surface area contributed by atoms with Crippen molar-refractivity contribution in [3.8, 4) is 0 Å². The van der Waals surface area contributed by atoms with Crippen LogP contribution in [0.1, 0.15) is 38.2 Å². The van der Waals surface area contributed by atoms with Crippen LogP contribution in [-0.2, 0) is 15.9 Å². The molecule has 1 heterocycles. The molecule has 2 fully saturated rings. The van der Waals surface area contributed by atoms with Gasteiger partial charge in [0, 0.05) is 19.3 Å². The maximum Gasteiger partial charge on any atom is 0.169 e. The van der Waals surface area contributed by atoms with E-state index in [0.717, 1.165) is 19.3 Å². The largest absolute Gasteiger partial charge is 0.344 e. The highest BCUT2D eigenvalue weighted by atomic mass is 16.8. The number of ether oxygens (including phenoxy) is 2. The van der Waals surface area contributed by atoms with Crippen LogP contribution in [0.3, 0.4) is 0 Å². The van der Waals surface area contributed by atoms with Crippen molar-refractivity contribution < 1.29 is 9.47 Å². The van der Waals surface area contributed by atoms with E-state index in [1.807, 2.05) is 0 Å². The normalized spacial score (nSPS) is 31.1. The summed E-state index contributed by atoms with van der Waals surface area (Å²) in [5.41, 5.74) is 1.34. The van der Waals surface area contributed by atoms with Crippen molar-refractivity contribution in [3.05, 3.63) is 35.9 Å².